The van der Waals surface area contributed by atoms with Gasteiger partial charge in [-0.15, -0.1) is 5.10 Å². The van der Waals surface area contributed by atoms with E-state index in [0.717, 1.165) is 0 Å². The number of nitrogens with one attached hydrogen (secondary N) is 1. The Morgan fingerprint density at radius 1 is 1.27 bits per heavy atom. The van der Waals surface area contributed by atoms with Crippen LogP contribution in [0.2, 0.25) is 0 Å². The molecule has 11 nitrogen and oxygen atoms in total. The van der Waals surface area contributed by atoms with Crippen molar-refractivity contribution < 1.29 is 23.1 Å². The molecule has 0 fully saturated rings. The van der Waals surface area contributed by atoms with E-state index < -0.39 is 5.91 Å². The van der Waals surface area contributed by atoms with Crippen molar-refractivity contribution in [1.82, 2.24) is 25.0 Å². The van der Waals surface area contributed by atoms with Gasteiger partial charge in [-0.3, -0.25) is 4.79 Å². The second-order valence-electron chi connectivity index (χ2n) is 6.14. The summed E-state index contributed by atoms with van der Waals surface area (Å²) in [5.41, 5.74) is 1.45. The highest BCUT2D eigenvalue weighted by molar-refractivity contribution is 6.05. The number of carbonyl (C=O) groups excluding carboxylic acids is 1. The van der Waals surface area contributed by atoms with Crippen LogP contribution >= 0.6 is 0 Å². The van der Waals surface area contributed by atoms with Gasteiger partial charge in [-0.25, -0.2) is 9.97 Å². The molecule has 3 heterocycles. The number of amides is 1. The first-order chi connectivity index (χ1) is 14.7. The predicted octanol–water partition coefficient (Wildman–Crippen LogP) is 2.38. The second kappa shape index (κ2) is 8.57. The molecule has 11 heteroatoms. The molecule has 0 saturated heterocycles. The lowest BCUT2D eigenvalue weighted by atomic mass is 10.1. The van der Waals surface area contributed by atoms with Gasteiger partial charge in [0, 0.05) is 12.7 Å². The first-order valence-electron chi connectivity index (χ1n) is 8.88. The molecule has 0 aliphatic rings. The number of methoxy groups -OCH3 is 2. The highest BCUT2D eigenvalue weighted by Crippen LogP contribution is 2.27. The summed E-state index contributed by atoms with van der Waals surface area (Å²) in [7, 11) is 3.14. The predicted molar refractivity (Wildman–Crippen MR) is 103 cm³/mol. The van der Waals surface area contributed by atoms with Crippen molar-refractivity contribution in [3.05, 3.63) is 60.4 Å². The molecule has 3 aromatic heterocycles. The highest BCUT2D eigenvalue weighted by Gasteiger charge is 2.20. The van der Waals surface area contributed by atoms with Crippen molar-refractivity contribution in [1.29, 1.82) is 0 Å². The van der Waals surface area contributed by atoms with Crippen molar-refractivity contribution >= 4 is 11.7 Å². The number of oxazole rings is 2. The molecule has 0 atom stereocenters. The van der Waals surface area contributed by atoms with E-state index in [2.05, 4.69) is 25.5 Å². The molecule has 0 spiro atoms. The Balaban J connectivity index is 1.45. The molecule has 30 heavy (non-hydrogen) atoms. The third-order valence-corrected chi connectivity index (χ3v) is 4.06. The Morgan fingerprint density at radius 2 is 2.17 bits per heavy atom. The second-order valence-corrected chi connectivity index (χ2v) is 6.14. The molecule has 154 valence electrons. The van der Waals surface area contributed by atoms with Gasteiger partial charge < -0.3 is 23.6 Å². The van der Waals surface area contributed by atoms with E-state index in [-0.39, 0.29) is 18.1 Å². The minimum Gasteiger partial charge on any atom is -0.497 e. The Kier molecular flexibility index (Phi) is 5.52. The van der Waals surface area contributed by atoms with E-state index in [4.69, 9.17) is 18.3 Å². The number of rotatable bonds is 8. The van der Waals surface area contributed by atoms with E-state index in [0.29, 0.717) is 35.3 Å². The van der Waals surface area contributed by atoms with Crippen molar-refractivity contribution in [2.24, 2.45) is 0 Å². The fraction of sp³-hybridized carbons (Fsp3) is 0.211. The zero-order valence-electron chi connectivity index (χ0n) is 16.2. The largest absolute Gasteiger partial charge is 0.497 e. The van der Waals surface area contributed by atoms with Gasteiger partial charge in [0.05, 0.1) is 19.9 Å². The summed E-state index contributed by atoms with van der Waals surface area (Å²) >= 11 is 0. The molecule has 0 saturated carbocycles. The van der Waals surface area contributed by atoms with E-state index in [1.54, 1.807) is 38.5 Å². The number of carbonyl (C=O) groups is 1. The number of hydrogen-bond acceptors (Lipinski definition) is 9. The maximum Gasteiger partial charge on any atom is 0.279 e. The topological polar surface area (TPSA) is 130 Å². The molecule has 1 aromatic carbocycles. The number of ether oxygens (including phenoxy) is 2. The van der Waals surface area contributed by atoms with Crippen molar-refractivity contribution in [2.45, 2.75) is 13.2 Å². The first kappa shape index (κ1) is 19.3. The Hall–Kier alpha value is -3.99. The van der Waals surface area contributed by atoms with Crippen LogP contribution in [0, 0.1) is 0 Å². The summed E-state index contributed by atoms with van der Waals surface area (Å²) in [6.45, 7) is 0.559. The molecule has 0 bridgehead atoms. The SMILES string of the molecule is COCc1coc(Cn2ncc(NC(=O)c3ncoc3-c3cccc(OC)c3)n2)n1. The van der Waals surface area contributed by atoms with Crippen LogP contribution in [0.4, 0.5) is 5.82 Å². The summed E-state index contributed by atoms with van der Waals surface area (Å²) in [4.78, 5) is 22.3. The maximum absolute atomic E-state index is 12.7. The molecule has 1 amide bonds. The number of hydrogen-bond donors (Lipinski definition) is 1. The van der Waals surface area contributed by atoms with Gasteiger partial charge >= 0.3 is 0 Å². The maximum atomic E-state index is 12.7. The zero-order chi connectivity index (χ0) is 20.9. The standard InChI is InChI=1S/C19H18N6O5/c1-27-9-13-10-29-16(22-13)8-25-21-7-15(24-25)23-19(26)17-18(30-11-20-17)12-4-3-5-14(6-12)28-2/h3-7,10-11H,8-9H2,1-2H3,(H,23,24,26). The lowest BCUT2D eigenvalue weighted by molar-refractivity contribution is 0.102. The summed E-state index contributed by atoms with van der Waals surface area (Å²) in [5.74, 6) is 1.16. The molecule has 4 rings (SSSR count). The molecule has 4 aromatic rings. The fourth-order valence-corrected chi connectivity index (χ4v) is 2.74. The first-order valence-corrected chi connectivity index (χ1v) is 8.88. The average molecular weight is 410 g/mol. The molecule has 0 aliphatic carbocycles. The summed E-state index contributed by atoms with van der Waals surface area (Å²) in [5, 5.41) is 11.0. The van der Waals surface area contributed by atoms with E-state index in [9.17, 15) is 4.79 Å². The van der Waals surface area contributed by atoms with Gasteiger partial charge in [-0.2, -0.15) is 9.90 Å². The van der Waals surface area contributed by atoms with Crippen LogP contribution in [0.15, 0.2) is 52.0 Å². The number of nitrogens with zero attached hydrogens (tertiary/aromatic N) is 5. The van der Waals surface area contributed by atoms with Crippen LogP contribution < -0.4 is 10.1 Å². The average Bonchev–Trinajstić information content (AvgIpc) is 3.50. The summed E-state index contributed by atoms with van der Waals surface area (Å²) < 4.78 is 21.0. The van der Waals surface area contributed by atoms with Crippen LogP contribution in [0.5, 0.6) is 5.75 Å². The number of aromatic nitrogens is 5. The zero-order valence-corrected chi connectivity index (χ0v) is 16.2. The van der Waals surface area contributed by atoms with Crippen molar-refractivity contribution in [3.8, 4) is 17.1 Å². The fourth-order valence-electron chi connectivity index (χ4n) is 2.74. The normalized spacial score (nSPS) is 10.9. The summed E-state index contributed by atoms with van der Waals surface area (Å²) in [6, 6.07) is 7.14. The van der Waals surface area contributed by atoms with Crippen molar-refractivity contribution in [3.63, 3.8) is 0 Å². The van der Waals surface area contributed by atoms with Gasteiger partial charge in [-0.05, 0) is 12.1 Å². The lowest BCUT2D eigenvalue weighted by Gasteiger charge is -2.04. The summed E-state index contributed by atoms with van der Waals surface area (Å²) in [6.07, 6.45) is 4.14. The van der Waals surface area contributed by atoms with Crippen LogP contribution in [0.25, 0.3) is 11.3 Å². The highest BCUT2D eigenvalue weighted by atomic mass is 16.5. The van der Waals surface area contributed by atoms with Gasteiger partial charge in [0.25, 0.3) is 5.91 Å². The number of benzene rings is 1. The van der Waals surface area contributed by atoms with E-state index in [1.807, 2.05) is 0 Å². The Labute approximate surface area is 170 Å². The molecule has 1 N–H and O–H groups in total. The Bertz CT molecular complexity index is 1150. The van der Waals surface area contributed by atoms with Crippen LogP contribution in [-0.4, -0.2) is 45.1 Å². The minimum absolute atomic E-state index is 0.120. The monoisotopic (exact) mass is 410 g/mol. The van der Waals surface area contributed by atoms with Gasteiger partial charge in [0.2, 0.25) is 5.89 Å². The van der Waals surface area contributed by atoms with Crippen molar-refractivity contribution in [2.75, 3.05) is 19.5 Å². The van der Waals surface area contributed by atoms with Gasteiger partial charge in [0.1, 0.15) is 24.3 Å². The van der Waals surface area contributed by atoms with E-state index >= 15 is 0 Å². The molecular formula is C19H18N6O5. The molecule has 0 aliphatic heterocycles. The third kappa shape index (κ3) is 4.20. The number of anilines is 1. The minimum atomic E-state index is -0.480. The van der Waals surface area contributed by atoms with Gasteiger partial charge in [0.15, 0.2) is 23.7 Å². The smallest absolute Gasteiger partial charge is 0.279 e. The Morgan fingerprint density at radius 3 is 3.00 bits per heavy atom. The quantitative estimate of drug-likeness (QED) is 0.465. The third-order valence-electron chi connectivity index (χ3n) is 4.06. The molecule has 0 unspecified atom stereocenters. The lowest BCUT2D eigenvalue weighted by Crippen LogP contribution is -2.14. The van der Waals surface area contributed by atoms with E-state index in [1.165, 1.54) is 23.7 Å². The van der Waals surface area contributed by atoms with Crippen LogP contribution in [0.3, 0.4) is 0 Å². The van der Waals surface area contributed by atoms with Crippen LogP contribution in [-0.2, 0) is 17.9 Å². The molecular weight excluding hydrogens is 392 g/mol. The molecule has 0 radical (unpaired) electrons. The van der Waals surface area contributed by atoms with Gasteiger partial charge in [-0.1, -0.05) is 12.1 Å². The van der Waals surface area contributed by atoms with Crippen LogP contribution in [0.1, 0.15) is 22.1 Å².